The lowest BCUT2D eigenvalue weighted by Gasteiger charge is -2.43. The first-order valence-electron chi connectivity index (χ1n) is 8.97. The van der Waals surface area contributed by atoms with Gasteiger partial charge in [0.2, 0.25) is 0 Å². The highest BCUT2D eigenvalue weighted by atomic mass is 16.6. The Morgan fingerprint density at radius 1 is 1.22 bits per heavy atom. The number of benzene rings is 1. The maximum atomic E-state index is 12.3. The third kappa shape index (κ3) is 3.09. The molecule has 1 saturated carbocycles. The highest BCUT2D eigenvalue weighted by Gasteiger charge is 2.48. The minimum atomic E-state index is -0.297. The molecule has 4 rings (SSSR count). The van der Waals surface area contributed by atoms with Crippen LogP contribution in [0.1, 0.15) is 37.7 Å². The van der Waals surface area contributed by atoms with Crippen LogP contribution in [0.3, 0.4) is 0 Å². The quantitative estimate of drug-likeness (QED) is 0.902. The van der Waals surface area contributed by atoms with E-state index in [1.165, 1.54) is 44.3 Å². The fourth-order valence-electron chi connectivity index (χ4n) is 4.81. The fourth-order valence-corrected chi connectivity index (χ4v) is 4.81. The topological polar surface area (TPSA) is 41.6 Å². The summed E-state index contributed by atoms with van der Waals surface area (Å²) in [5.74, 6) is 1.25. The highest BCUT2D eigenvalue weighted by molar-refractivity contribution is 5.84. The zero-order valence-corrected chi connectivity index (χ0v) is 13.8. The zero-order valence-electron chi connectivity index (χ0n) is 13.8. The molecule has 4 nitrogen and oxygen atoms in total. The Morgan fingerprint density at radius 3 is 2.87 bits per heavy atom. The number of nitrogens with one attached hydrogen (secondary N) is 1. The van der Waals surface area contributed by atoms with Crippen LogP contribution in [-0.4, -0.2) is 36.2 Å². The monoisotopic (exact) mass is 314 g/mol. The summed E-state index contributed by atoms with van der Waals surface area (Å²) in [7, 11) is 0. The third-order valence-electron chi connectivity index (χ3n) is 5.86. The molecule has 4 heteroatoms. The number of amides is 1. The van der Waals surface area contributed by atoms with Crippen molar-refractivity contribution in [3.8, 4) is 0 Å². The molecule has 0 unspecified atom stereocenters. The molecule has 0 spiro atoms. The van der Waals surface area contributed by atoms with Crippen molar-refractivity contribution < 1.29 is 9.53 Å². The lowest BCUT2D eigenvalue weighted by Crippen LogP contribution is -2.49. The number of piperidine rings is 2. The van der Waals surface area contributed by atoms with Gasteiger partial charge < -0.3 is 4.74 Å². The van der Waals surface area contributed by atoms with Crippen molar-refractivity contribution in [2.75, 3.05) is 18.4 Å². The van der Waals surface area contributed by atoms with E-state index in [9.17, 15) is 4.79 Å². The van der Waals surface area contributed by atoms with Gasteiger partial charge in [-0.3, -0.25) is 10.2 Å². The molecule has 1 aromatic rings. The number of hydrogen-bond acceptors (Lipinski definition) is 3. The molecular formula is C19H26N2O2. The second-order valence-corrected chi connectivity index (χ2v) is 7.49. The van der Waals surface area contributed by atoms with Gasteiger partial charge in [-0.15, -0.1) is 0 Å². The number of carbonyl (C=O) groups is 1. The summed E-state index contributed by atoms with van der Waals surface area (Å²) < 4.78 is 5.83. The first kappa shape index (κ1) is 15.0. The minimum Gasteiger partial charge on any atom is -0.446 e. The van der Waals surface area contributed by atoms with Crippen LogP contribution in [0.2, 0.25) is 0 Å². The largest absolute Gasteiger partial charge is 0.446 e. The number of rotatable bonds is 2. The molecule has 124 valence electrons. The predicted octanol–water partition coefficient (Wildman–Crippen LogP) is 3.81. The Kier molecular flexibility index (Phi) is 4.02. The van der Waals surface area contributed by atoms with Crippen molar-refractivity contribution in [3.05, 3.63) is 29.8 Å². The zero-order chi connectivity index (χ0) is 15.8. The van der Waals surface area contributed by atoms with Crippen molar-refractivity contribution in [3.63, 3.8) is 0 Å². The summed E-state index contributed by atoms with van der Waals surface area (Å²) in [5.41, 5.74) is 1.99. The normalized spacial score (nSPS) is 33.1. The third-order valence-corrected chi connectivity index (χ3v) is 5.86. The number of ether oxygens (including phenoxy) is 1. The lowest BCUT2D eigenvalue weighted by atomic mass is 9.84. The molecule has 3 aliphatic rings. The van der Waals surface area contributed by atoms with Gasteiger partial charge in [0.15, 0.2) is 0 Å². The molecule has 1 aliphatic carbocycles. The summed E-state index contributed by atoms with van der Waals surface area (Å²) in [4.78, 5) is 14.9. The van der Waals surface area contributed by atoms with Crippen LogP contribution in [0.15, 0.2) is 24.3 Å². The lowest BCUT2D eigenvalue weighted by molar-refractivity contribution is 0.0181. The van der Waals surface area contributed by atoms with E-state index in [2.05, 4.69) is 10.2 Å². The average Bonchev–Trinajstić information content (AvgIpc) is 2.86. The Morgan fingerprint density at radius 2 is 2.04 bits per heavy atom. The van der Waals surface area contributed by atoms with E-state index in [-0.39, 0.29) is 12.2 Å². The number of carbonyl (C=O) groups excluding carboxylic acids is 1. The Labute approximate surface area is 138 Å². The van der Waals surface area contributed by atoms with Crippen molar-refractivity contribution in [1.29, 1.82) is 0 Å². The van der Waals surface area contributed by atoms with Gasteiger partial charge in [-0.2, -0.15) is 0 Å². The van der Waals surface area contributed by atoms with E-state index < -0.39 is 0 Å². The molecule has 23 heavy (non-hydrogen) atoms. The molecular weight excluding hydrogens is 288 g/mol. The summed E-state index contributed by atoms with van der Waals surface area (Å²) in [5, 5.41) is 2.87. The predicted molar refractivity (Wildman–Crippen MR) is 90.5 cm³/mol. The molecule has 1 aromatic carbocycles. The summed E-state index contributed by atoms with van der Waals surface area (Å²) >= 11 is 0. The van der Waals surface area contributed by atoms with E-state index in [0.717, 1.165) is 12.1 Å². The van der Waals surface area contributed by atoms with Gasteiger partial charge in [0.05, 0.1) is 0 Å². The smallest absolute Gasteiger partial charge is 0.411 e. The van der Waals surface area contributed by atoms with E-state index in [0.29, 0.717) is 17.9 Å². The Balaban J connectivity index is 1.38. The van der Waals surface area contributed by atoms with Gasteiger partial charge in [-0.1, -0.05) is 24.1 Å². The molecule has 4 atom stereocenters. The molecule has 3 fully saturated rings. The van der Waals surface area contributed by atoms with Gasteiger partial charge in [-0.25, -0.2) is 4.79 Å². The van der Waals surface area contributed by atoms with Gasteiger partial charge in [0.1, 0.15) is 6.10 Å². The molecule has 0 radical (unpaired) electrons. The van der Waals surface area contributed by atoms with Gasteiger partial charge in [0, 0.05) is 24.2 Å². The fraction of sp³-hybridized carbons (Fsp3) is 0.632. The summed E-state index contributed by atoms with van der Waals surface area (Å²) in [6.45, 7) is 4.48. The van der Waals surface area contributed by atoms with E-state index >= 15 is 0 Å². The molecule has 2 bridgehead atoms. The van der Waals surface area contributed by atoms with E-state index in [1.807, 2.05) is 31.2 Å². The summed E-state index contributed by atoms with van der Waals surface area (Å²) in [6.07, 6.45) is 6.01. The second-order valence-electron chi connectivity index (χ2n) is 7.49. The van der Waals surface area contributed by atoms with Crippen LogP contribution < -0.4 is 5.32 Å². The van der Waals surface area contributed by atoms with Crippen molar-refractivity contribution >= 4 is 11.8 Å². The first-order valence-corrected chi connectivity index (χ1v) is 8.97. The number of nitrogens with zero attached hydrogens (tertiary/aromatic N) is 1. The van der Waals surface area contributed by atoms with Crippen LogP contribution in [0.4, 0.5) is 10.5 Å². The average molecular weight is 314 g/mol. The second kappa shape index (κ2) is 6.16. The standard InChI is InChI=1S/C19H26N2O2/c1-13-5-7-15(8-6-13)20-19(22)23-18-11-14-10-16(18)17-4-2-3-9-21(17)12-14/h5-8,14,16-18H,2-4,9-12H2,1H3,(H,20,22)/t14-,16-,17-,18-/m1/s1. The molecule has 0 aromatic heterocycles. The number of fused-ring (bicyclic) bond motifs is 4. The van der Waals surface area contributed by atoms with Gasteiger partial charge in [0.25, 0.3) is 0 Å². The Bertz CT molecular complexity index is 571. The SMILES string of the molecule is Cc1ccc(NC(=O)O[C@@H]2C[C@H]3C[C@@H]2[C@H]2CCCCN2C3)cc1. The number of hydrogen-bond donors (Lipinski definition) is 1. The summed E-state index contributed by atoms with van der Waals surface area (Å²) in [6, 6.07) is 8.48. The highest BCUT2D eigenvalue weighted by Crippen LogP contribution is 2.45. The molecule has 1 N–H and O–H groups in total. The van der Waals surface area contributed by atoms with Crippen LogP contribution in [-0.2, 0) is 4.74 Å². The minimum absolute atomic E-state index is 0.0959. The van der Waals surface area contributed by atoms with Crippen LogP contribution >= 0.6 is 0 Å². The molecule has 1 amide bonds. The molecule has 2 aliphatic heterocycles. The van der Waals surface area contributed by atoms with Crippen molar-refractivity contribution in [2.45, 2.75) is 51.2 Å². The van der Waals surface area contributed by atoms with Gasteiger partial charge >= 0.3 is 6.09 Å². The van der Waals surface area contributed by atoms with Crippen molar-refractivity contribution in [2.24, 2.45) is 11.8 Å². The molecule has 2 saturated heterocycles. The number of aryl methyl sites for hydroxylation is 1. The first-order chi connectivity index (χ1) is 11.2. The maximum Gasteiger partial charge on any atom is 0.411 e. The van der Waals surface area contributed by atoms with E-state index in [1.54, 1.807) is 0 Å². The van der Waals surface area contributed by atoms with E-state index in [4.69, 9.17) is 4.74 Å². The number of anilines is 1. The van der Waals surface area contributed by atoms with Crippen LogP contribution in [0, 0.1) is 18.8 Å². The van der Waals surface area contributed by atoms with Crippen molar-refractivity contribution in [1.82, 2.24) is 4.90 Å². The Hall–Kier alpha value is -1.55. The van der Waals surface area contributed by atoms with Crippen LogP contribution in [0.25, 0.3) is 0 Å². The maximum absolute atomic E-state index is 12.3. The van der Waals surface area contributed by atoms with Gasteiger partial charge in [-0.05, 0) is 57.2 Å². The van der Waals surface area contributed by atoms with Crippen LogP contribution in [0.5, 0.6) is 0 Å². The molecule has 2 heterocycles.